The molecule has 0 N–H and O–H groups in total. The second-order valence-electron chi connectivity index (χ2n) is 7.84. The van der Waals surface area contributed by atoms with Crippen LogP contribution in [0.2, 0.25) is 0 Å². The Hall–Kier alpha value is -5.08. The number of nitrogens with zero attached hydrogens (tertiary/aromatic N) is 4. The van der Waals surface area contributed by atoms with Gasteiger partial charge in [-0.25, -0.2) is 0 Å². The van der Waals surface area contributed by atoms with Crippen LogP contribution in [0.1, 0.15) is 21.6 Å². The van der Waals surface area contributed by atoms with E-state index < -0.39 is 0 Å². The molecule has 6 rings (SSSR count). The van der Waals surface area contributed by atoms with Crippen LogP contribution in [0.4, 0.5) is 0 Å². The summed E-state index contributed by atoms with van der Waals surface area (Å²) in [6.45, 7) is 0. The number of rotatable bonds is 3. The lowest BCUT2D eigenvalue weighted by Gasteiger charge is -2.09. The van der Waals surface area contributed by atoms with Gasteiger partial charge in [0.25, 0.3) is 0 Å². The molecule has 6 aromatic rings. The highest BCUT2D eigenvalue weighted by atomic mass is 16.1. The van der Waals surface area contributed by atoms with Crippen molar-refractivity contribution in [1.29, 1.82) is 5.26 Å². The van der Waals surface area contributed by atoms with E-state index >= 15 is 0 Å². The van der Waals surface area contributed by atoms with Gasteiger partial charge in [0.2, 0.25) is 0 Å². The van der Waals surface area contributed by atoms with Gasteiger partial charge in [-0.05, 0) is 23.3 Å². The molecule has 3 heterocycles. The van der Waals surface area contributed by atoms with E-state index in [-0.39, 0.29) is 5.78 Å². The van der Waals surface area contributed by atoms with E-state index in [1.165, 1.54) is 0 Å². The molecule has 0 aliphatic rings. The first kappa shape index (κ1) is 21.7. The number of aromatic nitrogens is 3. The number of carbonyl (C=O) groups excluding carboxylic acids is 1. The molecule has 0 saturated heterocycles. The lowest BCUT2D eigenvalue weighted by Crippen LogP contribution is -2.03. The standard InChI is InChI=1S/C19H14O.C11H6N4/c20-19(16-11-5-2-6-12-16)18-14-8-7-13-17(18)15-9-3-1-4-10-15;12-5-11-9-7-14-13-6-8(9)10-3-1-2-4-15(10)11/h1-14H;1-4,6-7H. The summed E-state index contributed by atoms with van der Waals surface area (Å²) in [5, 5.41) is 18.6. The molecule has 0 radical (unpaired) electrons. The summed E-state index contributed by atoms with van der Waals surface area (Å²) >= 11 is 0. The number of benzene rings is 3. The fourth-order valence-electron chi connectivity index (χ4n) is 4.11. The highest BCUT2D eigenvalue weighted by Gasteiger charge is 2.13. The molecule has 166 valence electrons. The molecule has 5 heteroatoms. The van der Waals surface area contributed by atoms with Gasteiger partial charge in [0.15, 0.2) is 5.78 Å². The maximum atomic E-state index is 12.6. The van der Waals surface area contributed by atoms with Gasteiger partial charge in [0.05, 0.1) is 17.9 Å². The van der Waals surface area contributed by atoms with Crippen LogP contribution in [0.25, 0.3) is 27.4 Å². The Morgan fingerprint density at radius 1 is 0.714 bits per heavy atom. The van der Waals surface area contributed by atoms with Gasteiger partial charge in [-0.1, -0.05) is 91.0 Å². The third-order valence-corrected chi connectivity index (χ3v) is 5.76. The topological polar surface area (TPSA) is 71.1 Å². The molecule has 0 aliphatic heterocycles. The summed E-state index contributed by atoms with van der Waals surface area (Å²) in [5.74, 6) is 0.0602. The van der Waals surface area contributed by atoms with E-state index in [0.717, 1.165) is 38.5 Å². The van der Waals surface area contributed by atoms with Crippen LogP contribution in [-0.2, 0) is 0 Å². The van der Waals surface area contributed by atoms with Gasteiger partial charge >= 0.3 is 0 Å². The summed E-state index contributed by atoms with van der Waals surface area (Å²) in [5.41, 5.74) is 5.09. The molecule has 0 spiro atoms. The lowest BCUT2D eigenvalue weighted by molar-refractivity contribution is 0.103. The van der Waals surface area contributed by atoms with Crippen LogP contribution in [-0.4, -0.2) is 20.4 Å². The number of carbonyl (C=O) groups is 1. The zero-order valence-electron chi connectivity index (χ0n) is 18.7. The number of pyridine rings is 1. The van der Waals surface area contributed by atoms with Gasteiger partial charge in [-0.15, -0.1) is 0 Å². The van der Waals surface area contributed by atoms with Gasteiger partial charge in [-0.2, -0.15) is 15.5 Å². The minimum absolute atomic E-state index is 0.0602. The van der Waals surface area contributed by atoms with Crippen molar-refractivity contribution in [1.82, 2.24) is 14.6 Å². The average Bonchev–Trinajstić information content (AvgIpc) is 3.28. The van der Waals surface area contributed by atoms with Crippen LogP contribution in [0, 0.1) is 11.3 Å². The maximum Gasteiger partial charge on any atom is 0.193 e. The third-order valence-electron chi connectivity index (χ3n) is 5.76. The molecule has 0 aliphatic carbocycles. The first-order chi connectivity index (χ1) is 17.3. The van der Waals surface area contributed by atoms with E-state index in [9.17, 15) is 4.79 Å². The van der Waals surface area contributed by atoms with E-state index in [1.54, 1.807) is 12.4 Å². The largest absolute Gasteiger partial charge is 0.307 e. The molecule has 3 aromatic carbocycles. The Morgan fingerprint density at radius 3 is 2.09 bits per heavy atom. The van der Waals surface area contributed by atoms with Crippen molar-refractivity contribution in [2.45, 2.75) is 0 Å². The maximum absolute atomic E-state index is 12.6. The average molecular weight is 453 g/mol. The van der Waals surface area contributed by atoms with E-state index in [4.69, 9.17) is 5.26 Å². The third kappa shape index (κ3) is 4.29. The van der Waals surface area contributed by atoms with Crippen molar-refractivity contribution >= 4 is 22.1 Å². The molecule has 0 unspecified atom stereocenters. The molecule has 5 nitrogen and oxygen atoms in total. The predicted molar refractivity (Wildman–Crippen MR) is 137 cm³/mol. The molecular weight excluding hydrogens is 432 g/mol. The molecule has 0 bridgehead atoms. The normalized spacial score (nSPS) is 10.4. The SMILES string of the molecule is N#Cc1c2cnncc2c2ccccn12.O=C(c1ccccc1)c1ccccc1-c1ccccc1. The summed E-state index contributed by atoms with van der Waals surface area (Å²) in [6, 6.07) is 35.1. The minimum Gasteiger partial charge on any atom is -0.307 e. The zero-order chi connectivity index (χ0) is 24.0. The number of ketones is 1. The van der Waals surface area contributed by atoms with Crippen LogP contribution in [0.3, 0.4) is 0 Å². The van der Waals surface area contributed by atoms with Crippen LogP contribution < -0.4 is 0 Å². The highest BCUT2D eigenvalue weighted by Crippen LogP contribution is 2.26. The quantitative estimate of drug-likeness (QED) is 0.294. The predicted octanol–water partition coefficient (Wildman–Crippen LogP) is 6.34. The van der Waals surface area contributed by atoms with Crippen molar-refractivity contribution in [3.8, 4) is 17.2 Å². The van der Waals surface area contributed by atoms with E-state index in [1.807, 2.05) is 114 Å². The summed E-state index contributed by atoms with van der Waals surface area (Å²) in [6.07, 6.45) is 5.18. The first-order valence-electron chi connectivity index (χ1n) is 11.1. The molecule has 0 saturated carbocycles. The summed E-state index contributed by atoms with van der Waals surface area (Å²) < 4.78 is 1.86. The monoisotopic (exact) mass is 452 g/mol. The fraction of sp³-hybridized carbons (Fsp3) is 0. The van der Waals surface area contributed by atoms with Crippen LogP contribution >= 0.6 is 0 Å². The molecule has 35 heavy (non-hydrogen) atoms. The van der Waals surface area contributed by atoms with Crippen LogP contribution in [0.15, 0.2) is 122 Å². The number of hydrogen-bond acceptors (Lipinski definition) is 4. The van der Waals surface area contributed by atoms with Crippen molar-refractivity contribution in [3.63, 3.8) is 0 Å². The minimum atomic E-state index is 0.0602. The number of hydrogen-bond donors (Lipinski definition) is 0. The van der Waals surface area contributed by atoms with E-state index in [2.05, 4.69) is 16.3 Å². The number of fused-ring (bicyclic) bond motifs is 3. The lowest BCUT2D eigenvalue weighted by atomic mass is 9.94. The Kier molecular flexibility index (Phi) is 6.10. The zero-order valence-corrected chi connectivity index (χ0v) is 18.7. The van der Waals surface area contributed by atoms with Gasteiger partial charge in [-0.3, -0.25) is 4.79 Å². The number of nitriles is 1. The Bertz CT molecular complexity index is 1610. The smallest absolute Gasteiger partial charge is 0.193 e. The molecular formula is C30H20N4O. The van der Waals surface area contributed by atoms with Gasteiger partial charge < -0.3 is 4.40 Å². The second-order valence-corrected chi connectivity index (χ2v) is 7.84. The van der Waals surface area contributed by atoms with Gasteiger partial charge in [0.1, 0.15) is 11.8 Å². The van der Waals surface area contributed by atoms with Crippen LogP contribution in [0.5, 0.6) is 0 Å². The second kappa shape index (κ2) is 9.82. The molecule has 0 atom stereocenters. The summed E-state index contributed by atoms with van der Waals surface area (Å²) in [7, 11) is 0. The molecule has 0 amide bonds. The van der Waals surface area contributed by atoms with Crippen molar-refractivity contribution in [2.75, 3.05) is 0 Å². The molecule has 3 aromatic heterocycles. The Balaban J connectivity index is 0.000000151. The van der Waals surface area contributed by atoms with Crippen molar-refractivity contribution in [3.05, 3.63) is 139 Å². The highest BCUT2D eigenvalue weighted by molar-refractivity contribution is 6.12. The fourth-order valence-corrected chi connectivity index (χ4v) is 4.11. The Labute approximate surface area is 202 Å². The summed E-state index contributed by atoms with van der Waals surface area (Å²) in [4.78, 5) is 12.6. The molecule has 0 fully saturated rings. The van der Waals surface area contributed by atoms with E-state index in [0.29, 0.717) is 5.69 Å². The first-order valence-corrected chi connectivity index (χ1v) is 11.1. The van der Waals surface area contributed by atoms with Gasteiger partial charge in [0, 0.05) is 28.1 Å². The van der Waals surface area contributed by atoms with Crippen molar-refractivity contribution in [2.24, 2.45) is 0 Å². The Morgan fingerprint density at radius 2 is 1.34 bits per heavy atom. The van der Waals surface area contributed by atoms with Crippen molar-refractivity contribution < 1.29 is 4.79 Å².